The van der Waals surface area contributed by atoms with Gasteiger partial charge in [0, 0.05) is 25.7 Å². The molecule has 0 rings (SSSR count). The van der Waals surface area contributed by atoms with Crippen molar-refractivity contribution in [3.05, 3.63) is 0 Å². The first kappa shape index (κ1) is 28.5. The van der Waals surface area contributed by atoms with E-state index in [1.165, 1.54) is 0 Å². The summed E-state index contributed by atoms with van der Waals surface area (Å²) in [5.41, 5.74) is -1.08. The van der Waals surface area contributed by atoms with Crippen LogP contribution in [0.15, 0.2) is 0 Å². The Labute approximate surface area is 176 Å². The lowest BCUT2D eigenvalue weighted by atomic mass is 9.88. The molecule has 10 heteroatoms. The minimum atomic E-state index is -4.04. The van der Waals surface area contributed by atoms with Crippen LogP contribution in [0.25, 0.3) is 0 Å². The summed E-state index contributed by atoms with van der Waals surface area (Å²) in [5, 5.41) is 0. The van der Waals surface area contributed by atoms with Gasteiger partial charge in [-0.2, -0.15) is 8.42 Å². The Hall–Kier alpha value is -0.520. The van der Waals surface area contributed by atoms with E-state index in [1.54, 1.807) is 27.7 Å². The zero-order valence-electron chi connectivity index (χ0n) is 18.0. The van der Waals surface area contributed by atoms with E-state index in [4.69, 9.17) is 18.2 Å². The van der Waals surface area contributed by atoms with Gasteiger partial charge in [-0.1, -0.05) is 27.7 Å². The number of hydrogen-bond donors (Lipinski definition) is 4. The van der Waals surface area contributed by atoms with Crippen molar-refractivity contribution in [2.24, 2.45) is 10.8 Å². The highest BCUT2D eigenvalue weighted by Crippen LogP contribution is 2.42. The second-order valence-corrected chi connectivity index (χ2v) is 12.5. The number of ketones is 2. The van der Waals surface area contributed by atoms with Crippen molar-refractivity contribution in [3.8, 4) is 0 Å². The highest BCUT2D eigenvalue weighted by Gasteiger charge is 2.27. The molecule has 0 radical (unpaired) electrons. The van der Waals surface area contributed by atoms with E-state index in [1.807, 2.05) is 0 Å². The molecule has 0 aliphatic carbocycles. The van der Waals surface area contributed by atoms with Crippen molar-refractivity contribution < 1.29 is 36.2 Å². The molecule has 29 heavy (non-hydrogen) atoms. The van der Waals surface area contributed by atoms with Gasteiger partial charge in [0.15, 0.2) is 0 Å². The van der Waals surface area contributed by atoms with Crippen molar-refractivity contribution >= 4 is 32.6 Å². The monoisotopic (exact) mass is 458 g/mol. The third-order valence-electron chi connectivity index (χ3n) is 4.69. The molecule has 0 aliphatic heterocycles. The summed E-state index contributed by atoms with van der Waals surface area (Å²) in [6.07, 6.45) is 3.98. The summed E-state index contributed by atoms with van der Waals surface area (Å²) >= 11 is 0. The second kappa shape index (κ2) is 11.8. The molecule has 0 spiro atoms. The van der Waals surface area contributed by atoms with Gasteiger partial charge in [-0.3, -0.25) is 14.1 Å². The number of carbonyl (C=O) groups is 2. The Morgan fingerprint density at radius 1 is 0.655 bits per heavy atom. The van der Waals surface area contributed by atoms with Crippen molar-refractivity contribution in [2.45, 2.75) is 85.5 Å². The zero-order chi connectivity index (χ0) is 22.9. The number of carbonyl (C=O) groups excluding carboxylic acids is 2. The van der Waals surface area contributed by atoms with E-state index >= 15 is 0 Å². The van der Waals surface area contributed by atoms with Crippen LogP contribution in [0.5, 0.6) is 0 Å². The summed E-state index contributed by atoms with van der Waals surface area (Å²) < 4.78 is 58.3. The quantitative estimate of drug-likeness (QED) is 0.241. The third kappa shape index (κ3) is 18.0. The molecule has 0 heterocycles. The van der Waals surface area contributed by atoms with E-state index in [-0.39, 0.29) is 23.1 Å². The fourth-order valence-corrected chi connectivity index (χ4v) is 5.75. The fourth-order valence-electron chi connectivity index (χ4n) is 3.42. The Balaban J connectivity index is 3.98. The zero-order valence-corrected chi connectivity index (χ0v) is 19.6. The van der Waals surface area contributed by atoms with Gasteiger partial charge in [-0.25, -0.2) is 0 Å². The molecular weight excluding hydrogens is 420 g/mol. The molecule has 0 unspecified atom stereocenters. The summed E-state index contributed by atoms with van der Waals surface area (Å²) in [4.78, 5) is 23.9. The fraction of sp³-hybridized carbons (Fsp3) is 0.895. The van der Waals surface area contributed by atoms with Crippen LogP contribution < -0.4 is 0 Å². The van der Waals surface area contributed by atoms with Crippen LogP contribution in [0.4, 0.5) is 0 Å². The molecule has 0 bridgehead atoms. The first-order valence-corrected chi connectivity index (χ1v) is 13.2. The van der Waals surface area contributed by atoms with Crippen molar-refractivity contribution in [1.29, 1.82) is 0 Å². The standard InChI is InChI=1S/C19H38O8S2/c1-18(2,14-28(22,23)24)12-6-10-16(20)8-5-9-17(21)11-7-13-19(3,4)15-29(25,26)27/h22-24H,5-15H2,1-4H3,(H,25,26,27). The maximum atomic E-state index is 11.9. The van der Waals surface area contributed by atoms with Gasteiger partial charge in [0.1, 0.15) is 11.6 Å². The average molecular weight is 459 g/mol. The summed E-state index contributed by atoms with van der Waals surface area (Å²) in [6.45, 7) is 7.07. The Morgan fingerprint density at radius 2 is 1.00 bits per heavy atom. The van der Waals surface area contributed by atoms with E-state index < -0.39 is 31.8 Å². The minimum absolute atomic E-state index is 0.0368. The van der Waals surface area contributed by atoms with Gasteiger partial charge < -0.3 is 13.7 Å². The molecule has 0 amide bonds. The lowest BCUT2D eigenvalue weighted by molar-refractivity contribution is -0.120. The molecular formula is C19H38O8S2. The maximum absolute atomic E-state index is 11.9. The van der Waals surface area contributed by atoms with Gasteiger partial charge in [-0.05, 0) is 42.9 Å². The van der Waals surface area contributed by atoms with E-state index in [9.17, 15) is 18.0 Å². The van der Waals surface area contributed by atoms with Gasteiger partial charge in [0.2, 0.25) is 0 Å². The van der Waals surface area contributed by atoms with E-state index in [0.717, 1.165) is 0 Å². The summed E-state index contributed by atoms with van der Waals surface area (Å²) in [5.74, 6) is -0.367. The predicted molar refractivity (Wildman–Crippen MR) is 116 cm³/mol. The van der Waals surface area contributed by atoms with Crippen LogP contribution in [0, 0.1) is 10.8 Å². The first-order chi connectivity index (χ1) is 12.9. The molecule has 0 saturated heterocycles. The Kier molecular flexibility index (Phi) is 11.5. The lowest BCUT2D eigenvalue weighted by Crippen LogP contribution is -2.23. The van der Waals surface area contributed by atoms with E-state index in [2.05, 4.69) is 0 Å². The molecule has 0 aromatic carbocycles. The van der Waals surface area contributed by atoms with Crippen LogP contribution in [-0.4, -0.2) is 49.7 Å². The second-order valence-electron chi connectivity index (χ2n) is 9.47. The smallest absolute Gasteiger partial charge is 0.265 e. The normalized spacial score (nSPS) is 14.1. The van der Waals surface area contributed by atoms with Crippen LogP contribution in [-0.2, 0) is 19.7 Å². The number of rotatable bonds is 16. The van der Waals surface area contributed by atoms with Gasteiger partial charge in [0.05, 0.1) is 22.4 Å². The summed E-state index contributed by atoms with van der Waals surface area (Å²) in [6, 6.07) is 0. The summed E-state index contributed by atoms with van der Waals surface area (Å²) in [7, 11) is -7.59. The van der Waals surface area contributed by atoms with Crippen molar-refractivity contribution in [2.75, 3.05) is 11.5 Å². The molecule has 0 fully saturated rings. The SMILES string of the molecule is CC(C)(CCCC(=O)CCCC(=O)CCCC(C)(C)CS(=O)(=O)O)CS(O)(O)O. The van der Waals surface area contributed by atoms with Crippen LogP contribution >= 0.6 is 10.9 Å². The molecule has 0 saturated carbocycles. The molecule has 0 aromatic heterocycles. The molecule has 0 aromatic rings. The van der Waals surface area contributed by atoms with Gasteiger partial charge in [0.25, 0.3) is 10.1 Å². The first-order valence-electron chi connectivity index (χ1n) is 9.88. The van der Waals surface area contributed by atoms with Crippen LogP contribution in [0.2, 0.25) is 0 Å². The largest absolute Gasteiger partial charge is 0.308 e. The van der Waals surface area contributed by atoms with Crippen molar-refractivity contribution in [3.63, 3.8) is 0 Å². The molecule has 8 nitrogen and oxygen atoms in total. The minimum Gasteiger partial charge on any atom is -0.308 e. The molecule has 0 atom stereocenters. The highest BCUT2D eigenvalue weighted by molar-refractivity contribution is 8.19. The number of Topliss-reactive ketones (excluding diaryl/α,β-unsaturated/α-hetero) is 2. The van der Waals surface area contributed by atoms with Gasteiger partial charge in [-0.15, -0.1) is 0 Å². The van der Waals surface area contributed by atoms with Gasteiger partial charge >= 0.3 is 0 Å². The lowest BCUT2D eigenvalue weighted by Gasteiger charge is -2.31. The van der Waals surface area contributed by atoms with Crippen molar-refractivity contribution in [1.82, 2.24) is 0 Å². The Morgan fingerprint density at radius 3 is 1.34 bits per heavy atom. The third-order valence-corrected chi connectivity index (χ3v) is 7.00. The molecule has 174 valence electrons. The van der Waals surface area contributed by atoms with Crippen LogP contribution in [0.3, 0.4) is 0 Å². The number of hydrogen-bond acceptors (Lipinski definition) is 7. The van der Waals surface area contributed by atoms with E-state index in [0.29, 0.717) is 57.8 Å². The van der Waals surface area contributed by atoms with Crippen LogP contribution in [0.1, 0.15) is 85.5 Å². The highest BCUT2D eigenvalue weighted by atomic mass is 32.3. The maximum Gasteiger partial charge on any atom is 0.265 e. The molecule has 0 aliphatic rings. The topological polar surface area (TPSA) is 149 Å². The predicted octanol–water partition coefficient (Wildman–Crippen LogP) is 4.80. The average Bonchev–Trinajstić information content (AvgIpc) is 2.41. The Bertz CT molecular complexity index is 633. The molecule has 4 N–H and O–H groups in total.